The first-order chi connectivity index (χ1) is 20.0. The van der Waals surface area contributed by atoms with Gasteiger partial charge in [-0.3, -0.25) is 4.79 Å². The molecule has 17 heteroatoms. The summed E-state index contributed by atoms with van der Waals surface area (Å²) in [6, 6.07) is 3.54. The van der Waals surface area contributed by atoms with Crippen molar-refractivity contribution in [2.24, 2.45) is 0 Å². The van der Waals surface area contributed by atoms with Gasteiger partial charge in [0, 0.05) is 12.1 Å². The van der Waals surface area contributed by atoms with Crippen LogP contribution in [0.4, 0.5) is 31.5 Å². The molecule has 9 nitrogen and oxygen atoms in total. The third-order valence-corrected chi connectivity index (χ3v) is 9.11. The molecule has 0 aliphatic heterocycles. The van der Waals surface area contributed by atoms with Crippen LogP contribution in [-0.4, -0.2) is 56.0 Å². The summed E-state index contributed by atoms with van der Waals surface area (Å²) >= 11 is 0.925. The molecule has 3 aromatic rings. The molecule has 1 unspecified atom stereocenters. The number of alkyl halides is 6. The first-order valence-electron chi connectivity index (χ1n) is 12.8. The molecule has 1 N–H and O–H groups in total. The maximum Gasteiger partial charge on any atom is 0.422 e. The number of carbonyl (C=O) groups is 1. The van der Waals surface area contributed by atoms with Crippen molar-refractivity contribution in [3.8, 4) is 11.5 Å². The summed E-state index contributed by atoms with van der Waals surface area (Å²) in [5.41, 5.74) is 1.04. The Hall–Kier alpha value is -3.60. The number of halogens is 6. The Morgan fingerprint density at radius 3 is 2.30 bits per heavy atom. The molecule has 1 amide bonds. The summed E-state index contributed by atoms with van der Waals surface area (Å²) in [5, 5.41) is 10.2. The van der Waals surface area contributed by atoms with Crippen LogP contribution in [0.3, 0.4) is 0 Å². The summed E-state index contributed by atoms with van der Waals surface area (Å²) < 4.78 is 118. The number of hydrogen-bond acceptors (Lipinski definition) is 8. The number of fused-ring (bicyclic) bond motifs is 1. The number of aromatic nitrogens is 2. The van der Waals surface area contributed by atoms with Crippen molar-refractivity contribution in [2.75, 3.05) is 17.5 Å². The highest BCUT2D eigenvalue weighted by Gasteiger charge is 2.37. The fourth-order valence-corrected chi connectivity index (χ4v) is 7.29. The minimum absolute atomic E-state index is 0.00113. The summed E-state index contributed by atoms with van der Waals surface area (Å²) in [6.45, 7) is 2.92. The Kier molecular flexibility index (Phi) is 9.16. The Labute approximate surface area is 246 Å². The van der Waals surface area contributed by atoms with E-state index >= 15 is 0 Å². The summed E-state index contributed by atoms with van der Waals surface area (Å²) in [7, 11) is -4.50. The lowest BCUT2D eigenvalue weighted by Gasteiger charge is -2.26. The average molecular weight is 653 g/mol. The molecule has 0 spiro atoms. The second kappa shape index (κ2) is 12.2. The predicted molar refractivity (Wildman–Crippen MR) is 144 cm³/mol. The molecule has 234 valence electrons. The molecule has 0 saturated heterocycles. The lowest BCUT2D eigenvalue weighted by Crippen LogP contribution is -2.37. The van der Waals surface area contributed by atoms with Crippen molar-refractivity contribution >= 4 is 32.4 Å². The number of hydrogen-bond donors (Lipinski definition) is 1. The fraction of sp³-hybridized carbons (Fsp3) is 0.423. The standard InChI is InChI=1S/C26H26F6N4O5S2/c1-4-40-20-11-17(26(30,31)32)5-6-19(20)23(37)34-18-7-15-9-21(41-12-25(27,28)29)22(10-16(15)8-18)43(38,39)36(14(2)3)24-35-33-13-42-24/h5-6,9-11,13-14,18H,4,7-8,12H2,1-3H3,(H,34,37). The van der Waals surface area contributed by atoms with Crippen LogP contribution in [0.25, 0.3) is 0 Å². The van der Waals surface area contributed by atoms with E-state index in [9.17, 15) is 39.6 Å². The average Bonchev–Trinajstić information content (AvgIpc) is 3.55. The predicted octanol–water partition coefficient (Wildman–Crippen LogP) is 5.40. The molecular weight excluding hydrogens is 626 g/mol. The molecule has 0 saturated carbocycles. The summed E-state index contributed by atoms with van der Waals surface area (Å²) in [5.74, 6) is -1.54. The van der Waals surface area contributed by atoms with Gasteiger partial charge in [0.1, 0.15) is 21.9 Å². The van der Waals surface area contributed by atoms with Crippen molar-refractivity contribution < 1.29 is 49.0 Å². The number of nitrogens with one attached hydrogen (secondary N) is 1. The minimum atomic E-state index is -4.76. The van der Waals surface area contributed by atoms with Gasteiger partial charge >= 0.3 is 12.4 Å². The van der Waals surface area contributed by atoms with Crippen LogP contribution in [0.5, 0.6) is 11.5 Å². The molecule has 1 aliphatic rings. The molecule has 1 atom stereocenters. The highest BCUT2D eigenvalue weighted by Crippen LogP contribution is 2.38. The first-order valence-corrected chi connectivity index (χ1v) is 15.1. The number of anilines is 1. The molecule has 0 fully saturated rings. The van der Waals surface area contributed by atoms with E-state index in [-0.39, 0.29) is 35.9 Å². The lowest BCUT2D eigenvalue weighted by atomic mass is 10.1. The normalized spacial score (nSPS) is 15.3. The highest BCUT2D eigenvalue weighted by atomic mass is 32.2. The third kappa shape index (κ3) is 7.31. The van der Waals surface area contributed by atoms with Gasteiger partial charge in [-0.1, -0.05) is 11.3 Å². The van der Waals surface area contributed by atoms with Gasteiger partial charge in [0.15, 0.2) is 6.61 Å². The van der Waals surface area contributed by atoms with E-state index in [2.05, 4.69) is 15.5 Å². The number of rotatable bonds is 10. The Morgan fingerprint density at radius 1 is 1.07 bits per heavy atom. The van der Waals surface area contributed by atoms with E-state index < -0.39 is 63.2 Å². The van der Waals surface area contributed by atoms with Crippen molar-refractivity contribution in [2.45, 2.75) is 62.9 Å². The Bertz CT molecular complexity index is 1580. The zero-order chi connectivity index (χ0) is 31.7. The molecule has 43 heavy (non-hydrogen) atoms. The van der Waals surface area contributed by atoms with Gasteiger partial charge in [-0.2, -0.15) is 26.3 Å². The second-order valence-corrected chi connectivity index (χ2v) is 12.4. The highest BCUT2D eigenvalue weighted by molar-refractivity contribution is 7.93. The van der Waals surface area contributed by atoms with E-state index in [0.717, 1.165) is 33.8 Å². The first kappa shape index (κ1) is 32.3. The SMILES string of the molecule is CCOc1cc(C(F)(F)F)ccc1C(=O)NC1Cc2cc(OCC(F)(F)F)c(S(=O)(=O)N(c3nncs3)C(C)C)cc2C1. The van der Waals surface area contributed by atoms with Crippen LogP contribution in [0, 0.1) is 0 Å². The summed E-state index contributed by atoms with van der Waals surface area (Å²) in [6.07, 6.45) is -9.22. The maximum absolute atomic E-state index is 13.8. The quantitative estimate of drug-likeness (QED) is 0.292. The van der Waals surface area contributed by atoms with Crippen LogP contribution in [0.2, 0.25) is 0 Å². The molecule has 4 rings (SSSR count). The largest absolute Gasteiger partial charge is 0.493 e. The molecule has 2 aromatic carbocycles. The second-order valence-electron chi connectivity index (χ2n) is 9.81. The van der Waals surface area contributed by atoms with E-state index in [0.29, 0.717) is 11.1 Å². The van der Waals surface area contributed by atoms with Crippen molar-refractivity contribution in [3.05, 3.63) is 58.1 Å². The van der Waals surface area contributed by atoms with Gasteiger partial charge < -0.3 is 14.8 Å². The van der Waals surface area contributed by atoms with Crippen LogP contribution < -0.4 is 19.1 Å². The van der Waals surface area contributed by atoms with Gasteiger partial charge in [0.05, 0.1) is 17.7 Å². The van der Waals surface area contributed by atoms with Crippen molar-refractivity contribution in [1.82, 2.24) is 15.5 Å². The van der Waals surface area contributed by atoms with E-state index in [1.807, 2.05) is 0 Å². The van der Waals surface area contributed by atoms with Crippen LogP contribution in [-0.2, 0) is 29.0 Å². The minimum Gasteiger partial charge on any atom is -0.493 e. The molecule has 1 heterocycles. The Morgan fingerprint density at radius 2 is 1.74 bits per heavy atom. The molecule has 1 aliphatic carbocycles. The van der Waals surface area contributed by atoms with Gasteiger partial charge in [0.25, 0.3) is 15.9 Å². The van der Waals surface area contributed by atoms with Crippen LogP contribution in [0.15, 0.2) is 40.7 Å². The number of carbonyl (C=O) groups excluding carboxylic acids is 1. The fourth-order valence-electron chi connectivity index (χ4n) is 4.60. The Balaban J connectivity index is 1.66. The van der Waals surface area contributed by atoms with Crippen LogP contribution in [0.1, 0.15) is 47.8 Å². The zero-order valence-electron chi connectivity index (χ0n) is 22.9. The number of benzene rings is 2. The number of amides is 1. The van der Waals surface area contributed by atoms with Gasteiger partial charge in [-0.25, -0.2) is 12.7 Å². The zero-order valence-corrected chi connectivity index (χ0v) is 24.5. The van der Waals surface area contributed by atoms with Gasteiger partial charge in [0.2, 0.25) is 5.13 Å². The number of ether oxygens (including phenoxy) is 2. The number of sulfonamides is 1. The number of nitrogens with zero attached hydrogens (tertiary/aromatic N) is 3. The topological polar surface area (TPSA) is 111 Å². The van der Waals surface area contributed by atoms with Gasteiger partial charge in [-0.05, 0) is 75.1 Å². The monoisotopic (exact) mass is 652 g/mol. The smallest absolute Gasteiger partial charge is 0.422 e. The van der Waals surface area contributed by atoms with E-state index in [1.165, 1.54) is 17.6 Å². The van der Waals surface area contributed by atoms with Crippen molar-refractivity contribution in [1.29, 1.82) is 0 Å². The molecule has 0 radical (unpaired) electrons. The third-order valence-electron chi connectivity index (χ3n) is 6.32. The molecular formula is C26H26F6N4O5S2. The molecule has 1 aromatic heterocycles. The van der Waals surface area contributed by atoms with Crippen LogP contribution >= 0.6 is 11.3 Å². The van der Waals surface area contributed by atoms with E-state index in [4.69, 9.17) is 9.47 Å². The maximum atomic E-state index is 13.8. The van der Waals surface area contributed by atoms with Crippen molar-refractivity contribution in [3.63, 3.8) is 0 Å². The molecule has 0 bridgehead atoms. The lowest BCUT2D eigenvalue weighted by molar-refractivity contribution is -0.153. The van der Waals surface area contributed by atoms with E-state index in [1.54, 1.807) is 20.8 Å². The summed E-state index contributed by atoms with van der Waals surface area (Å²) in [4.78, 5) is 12.6. The van der Waals surface area contributed by atoms with Gasteiger partial charge in [-0.15, -0.1) is 10.2 Å².